The highest BCUT2D eigenvalue weighted by Gasteiger charge is 2.24. The van der Waals surface area contributed by atoms with Crippen LogP contribution in [0.1, 0.15) is 10.4 Å². The third-order valence-electron chi connectivity index (χ3n) is 2.04. The fourth-order valence-corrected chi connectivity index (χ4v) is 1.16. The summed E-state index contributed by atoms with van der Waals surface area (Å²) < 4.78 is 39.0. The highest BCUT2D eigenvalue weighted by atomic mass is 19.2. The molecule has 0 atom stereocenters. The minimum absolute atomic E-state index is 0.127. The monoisotopic (exact) mass is 243 g/mol. The molecule has 0 saturated heterocycles. The summed E-state index contributed by atoms with van der Waals surface area (Å²) in [4.78, 5) is 12.5. The Bertz CT molecular complexity index is 508. The van der Waals surface area contributed by atoms with Crippen molar-refractivity contribution in [1.29, 1.82) is 0 Å². The lowest BCUT2D eigenvalue weighted by Crippen LogP contribution is -2.28. The lowest BCUT2D eigenvalue weighted by atomic mass is 10.1. The van der Waals surface area contributed by atoms with Gasteiger partial charge in [0.05, 0.1) is 12.1 Å². The average Bonchev–Trinajstić information content (AvgIpc) is 2.30. The smallest absolute Gasteiger partial charge is 0.257 e. The number of nitrogens with zero attached hydrogens (tertiary/aromatic N) is 1. The van der Waals surface area contributed by atoms with Gasteiger partial charge in [-0.1, -0.05) is 5.92 Å². The highest BCUT2D eigenvalue weighted by molar-refractivity contribution is 5.95. The van der Waals surface area contributed by atoms with Crippen molar-refractivity contribution in [3.05, 3.63) is 29.1 Å². The summed E-state index contributed by atoms with van der Waals surface area (Å²) in [6.45, 7) is -0.127. The van der Waals surface area contributed by atoms with Gasteiger partial charge in [0.25, 0.3) is 5.91 Å². The van der Waals surface area contributed by atoms with Crippen LogP contribution in [0.3, 0.4) is 0 Å². The number of amides is 1. The first-order valence-electron chi connectivity index (χ1n) is 4.45. The Morgan fingerprint density at radius 2 is 2.06 bits per heavy atom. The summed E-state index contributed by atoms with van der Waals surface area (Å²) in [6, 6.07) is 0.375. The number of hydrogen-bond donors (Lipinski definition) is 1. The van der Waals surface area contributed by atoms with Gasteiger partial charge in [-0.3, -0.25) is 4.79 Å². The molecule has 0 heterocycles. The van der Waals surface area contributed by atoms with Gasteiger partial charge in [0, 0.05) is 7.05 Å². The summed E-state index contributed by atoms with van der Waals surface area (Å²) >= 11 is 0. The van der Waals surface area contributed by atoms with E-state index >= 15 is 0 Å². The first-order chi connectivity index (χ1) is 7.90. The number of terminal acetylenes is 1. The first kappa shape index (κ1) is 12.9. The number of carbonyl (C=O) groups is 1. The van der Waals surface area contributed by atoms with Crippen LogP contribution in [0, 0.1) is 29.8 Å². The third kappa shape index (κ3) is 2.33. The van der Waals surface area contributed by atoms with Gasteiger partial charge in [0.1, 0.15) is 0 Å². The van der Waals surface area contributed by atoms with E-state index in [1.54, 1.807) is 0 Å². The second kappa shape index (κ2) is 4.78. The van der Waals surface area contributed by atoms with Crippen molar-refractivity contribution in [2.24, 2.45) is 0 Å². The Labute approximate surface area is 95.5 Å². The van der Waals surface area contributed by atoms with E-state index in [2.05, 4.69) is 5.92 Å². The molecule has 1 amide bonds. The van der Waals surface area contributed by atoms with E-state index in [4.69, 9.17) is 11.5 Å². The molecule has 0 saturated carbocycles. The standard InChI is InChI=1S/C11H8F3NO2/c1-3-4-15(2)11(17)6-5-7(12)9(14)10(16)8(6)13/h1,5,16H,4H2,2H3. The molecule has 0 aliphatic carbocycles. The van der Waals surface area contributed by atoms with Crippen molar-refractivity contribution in [3.63, 3.8) is 0 Å². The molecule has 0 spiro atoms. The van der Waals surface area contributed by atoms with E-state index in [9.17, 15) is 18.0 Å². The number of rotatable bonds is 2. The number of benzene rings is 1. The van der Waals surface area contributed by atoms with Gasteiger partial charge in [-0.15, -0.1) is 6.42 Å². The Morgan fingerprint density at radius 1 is 1.47 bits per heavy atom. The molecule has 1 aromatic carbocycles. The zero-order valence-electron chi connectivity index (χ0n) is 8.80. The molecule has 90 valence electrons. The normalized spacial score (nSPS) is 9.82. The zero-order valence-corrected chi connectivity index (χ0v) is 8.80. The zero-order chi connectivity index (χ0) is 13.2. The third-order valence-corrected chi connectivity index (χ3v) is 2.04. The molecule has 0 fully saturated rings. The molecule has 0 aromatic heterocycles. The van der Waals surface area contributed by atoms with Gasteiger partial charge >= 0.3 is 0 Å². The van der Waals surface area contributed by atoms with E-state index in [1.165, 1.54) is 7.05 Å². The maximum atomic E-state index is 13.3. The molecule has 0 aliphatic rings. The van der Waals surface area contributed by atoms with E-state index in [0.29, 0.717) is 6.07 Å². The van der Waals surface area contributed by atoms with Crippen LogP contribution in [0.15, 0.2) is 6.07 Å². The molecule has 0 aliphatic heterocycles. The Balaban J connectivity index is 3.25. The second-order valence-corrected chi connectivity index (χ2v) is 3.25. The highest BCUT2D eigenvalue weighted by Crippen LogP contribution is 2.26. The quantitative estimate of drug-likeness (QED) is 0.632. The van der Waals surface area contributed by atoms with Crippen LogP contribution in [-0.2, 0) is 0 Å². The Hall–Kier alpha value is -2.16. The molecule has 0 radical (unpaired) electrons. The van der Waals surface area contributed by atoms with Crippen molar-refractivity contribution in [3.8, 4) is 18.1 Å². The van der Waals surface area contributed by atoms with E-state index in [-0.39, 0.29) is 6.54 Å². The molecule has 1 rings (SSSR count). The molecule has 1 aromatic rings. The molecular formula is C11H8F3NO2. The summed E-state index contributed by atoms with van der Waals surface area (Å²) in [6.07, 6.45) is 4.95. The maximum Gasteiger partial charge on any atom is 0.257 e. The van der Waals surface area contributed by atoms with E-state index < -0.39 is 34.7 Å². The van der Waals surface area contributed by atoms with Crippen molar-refractivity contribution in [2.75, 3.05) is 13.6 Å². The van der Waals surface area contributed by atoms with Crippen molar-refractivity contribution in [1.82, 2.24) is 4.90 Å². The topological polar surface area (TPSA) is 40.5 Å². The minimum Gasteiger partial charge on any atom is -0.503 e. The molecule has 3 nitrogen and oxygen atoms in total. The number of phenolic OH excluding ortho intramolecular Hbond substituents is 1. The molecule has 0 bridgehead atoms. The fraction of sp³-hybridized carbons (Fsp3) is 0.182. The van der Waals surface area contributed by atoms with Gasteiger partial charge in [-0.2, -0.15) is 4.39 Å². The number of carbonyl (C=O) groups excluding carboxylic acids is 1. The maximum absolute atomic E-state index is 13.3. The van der Waals surface area contributed by atoms with Gasteiger partial charge in [-0.05, 0) is 6.07 Å². The lowest BCUT2D eigenvalue weighted by Gasteiger charge is -2.14. The van der Waals surface area contributed by atoms with Crippen LogP contribution in [0.5, 0.6) is 5.75 Å². The van der Waals surface area contributed by atoms with Gasteiger partial charge in [0.2, 0.25) is 5.82 Å². The SMILES string of the molecule is C#CCN(C)C(=O)c1cc(F)c(F)c(O)c1F. The van der Waals surface area contributed by atoms with Crippen LogP contribution >= 0.6 is 0 Å². The van der Waals surface area contributed by atoms with Crippen LogP contribution in [0.4, 0.5) is 13.2 Å². The second-order valence-electron chi connectivity index (χ2n) is 3.25. The molecule has 0 unspecified atom stereocenters. The van der Waals surface area contributed by atoms with Crippen LogP contribution in [-0.4, -0.2) is 29.5 Å². The van der Waals surface area contributed by atoms with Crippen LogP contribution in [0.25, 0.3) is 0 Å². The number of phenols is 1. The molecular weight excluding hydrogens is 235 g/mol. The Kier molecular flexibility index (Phi) is 3.63. The number of hydrogen-bond acceptors (Lipinski definition) is 2. The summed E-state index contributed by atoms with van der Waals surface area (Å²) in [5.74, 6) is -5.11. The van der Waals surface area contributed by atoms with Crippen molar-refractivity contribution < 1.29 is 23.1 Å². The van der Waals surface area contributed by atoms with E-state index in [0.717, 1.165) is 4.90 Å². The predicted octanol–water partition coefficient (Wildman–Crippen LogP) is 1.51. The summed E-state index contributed by atoms with van der Waals surface area (Å²) in [5, 5.41) is 8.93. The fourth-order valence-electron chi connectivity index (χ4n) is 1.16. The first-order valence-corrected chi connectivity index (χ1v) is 4.45. The molecule has 1 N–H and O–H groups in total. The summed E-state index contributed by atoms with van der Waals surface area (Å²) in [7, 11) is 1.26. The van der Waals surface area contributed by atoms with Crippen molar-refractivity contribution in [2.45, 2.75) is 0 Å². The number of aromatic hydroxyl groups is 1. The Morgan fingerprint density at radius 3 is 2.59 bits per heavy atom. The van der Waals surface area contributed by atoms with E-state index in [1.807, 2.05) is 0 Å². The predicted molar refractivity (Wildman–Crippen MR) is 53.8 cm³/mol. The van der Waals surface area contributed by atoms with Crippen molar-refractivity contribution >= 4 is 5.91 Å². The number of halogens is 3. The lowest BCUT2D eigenvalue weighted by molar-refractivity contribution is 0.0806. The molecule has 17 heavy (non-hydrogen) atoms. The van der Waals surface area contributed by atoms with Crippen LogP contribution < -0.4 is 0 Å². The largest absolute Gasteiger partial charge is 0.503 e. The van der Waals surface area contributed by atoms with Gasteiger partial charge in [-0.25, -0.2) is 8.78 Å². The van der Waals surface area contributed by atoms with Gasteiger partial charge in [0.15, 0.2) is 17.4 Å². The summed E-state index contributed by atoms with van der Waals surface area (Å²) in [5.41, 5.74) is -0.779. The van der Waals surface area contributed by atoms with Crippen LogP contribution in [0.2, 0.25) is 0 Å². The molecule has 6 heteroatoms. The van der Waals surface area contributed by atoms with Gasteiger partial charge < -0.3 is 10.0 Å². The average molecular weight is 243 g/mol. The minimum atomic E-state index is -1.74.